The van der Waals surface area contributed by atoms with Gasteiger partial charge in [-0.1, -0.05) is 48.0 Å². The first-order chi connectivity index (χ1) is 17.5. The zero-order chi connectivity index (χ0) is 25.5. The SMILES string of the molecule is COC(=O)Cc1ccc(Oc2ccc(NC(=O)c3cccc(-c4ccccc4OC)c3)cc2)c(Cl)c1. The average Bonchev–Trinajstić information content (AvgIpc) is 2.91. The Balaban J connectivity index is 1.42. The highest BCUT2D eigenvalue weighted by atomic mass is 35.5. The molecule has 0 fully saturated rings. The summed E-state index contributed by atoms with van der Waals surface area (Å²) in [6.45, 7) is 0. The molecule has 1 amide bonds. The predicted molar refractivity (Wildman–Crippen MR) is 140 cm³/mol. The number of carbonyl (C=O) groups excluding carboxylic acids is 2. The molecular weight excluding hydrogens is 478 g/mol. The predicted octanol–water partition coefficient (Wildman–Crippen LogP) is 6.78. The van der Waals surface area contributed by atoms with E-state index in [2.05, 4.69) is 10.1 Å². The first-order valence-electron chi connectivity index (χ1n) is 11.1. The number of hydrogen-bond donors (Lipinski definition) is 1. The number of carbonyl (C=O) groups is 2. The smallest absolute Gasteiger partial charge is 0.309 e. The molecule has 0 aliphatic carbocycles. The lowest BCUT2D eigenvalue weighted by Gasteiger charge is -2.11. The second-order valence-corrected chi connectivity index (χ2v) is 8.29. The van der Waals surface area contributed by atoms with Gasteiger partial charge in [-0.05, 0) is 65.7 Å². The molecule has 0 unspecified atom stereocenters. The standard InChI is InChI=1S/C29H24ClNO5/c1-34-26-9-4-3-8-24(26)20-6-5-7-21(18-20)29(33)31-22-11-13-23(14-12-22)36-27-15-10-19(16-25(27)30)17-28(32)35-2/h3-16,18H,17H2,1-2H3,(H,31,33). The molecule has 0 bridgehead atoms. The molecule has 1 N–H and O–H groups in total. The average molecular weight is 502 g/mol. The van der Waals surface area contributed by atoms with Crippen molar-refractivity contribution in [2.45, 2.75) is 6.42 Å². The molecular formula is C29H24ClNO5. The van der Waals surface area contributed by atoms with E-state index in [-0.39, 0.29) is 18.3 Å². The van der Waals surface area contributed by atoms with Crippen molar-refractivity contribution in [3.63, 3.8) is 0 Å². The first kappa shape index (κ1) is 24.8. The molecule has 4 aromatic rings. The fraction of sp³-hybridized carbons (Fsp3) is 0.103. The summed E-state index contributed by atoms with van der Waals surface area (Å²) in [7, 11) is 2.96. The lowest BCUT2D eigenvalue weighted by atomic mass is 10.0. The van der Waals surface area contributed by atoms with Gasteiger partial charge in [-0.15, -0.1) is 0 Å². The van der Waals surface area contributed by atoms with Crippen LogP contribution in [0.25, 0.3) is 11.1 Å². The van der Waals surface area contributed by atoms with E-state index in [0.717, 1.165) is 22.4 Å². The van der Waals surface area contributed by atoms with Crippen LogP contribution in [-0.2, 0) is 16.0 Å². The number of methoxy groups -OCH3 is 2. The van der Waals surface area contributed by atoms with Crippen LogP contribution in [0.3, 0.4) is 0 Å². The van der Waals surface area contributed by atoms with Crippen LogP contribution in [0, 0.1) is 0 Å². The van der Waals surface area contributed by atoms with Crippen LogP contribution in [0.5, 0.6) is 17.2 Å². The number of ether oxygens (including phenoxy) is 3. The van der Waals surface area contributed by atoms with Gasteiger partial charge in [0.1, 0.15) is 17.2 Å². The number of nitrogens with one attached hydrogen (secondary N) is 1. The van der Waals surface area contributed by atoms with Crippen LogP contribution in [0.1, 0.15) is 15.9 Å². The van der Waals surface area contributed by atoms with E-state index in [1.807, 2.05) is 42.5 Å². The number of hydrogen-bond acceptors (Lipinski definition) is 5. The summed E-state index contributed by atoms with van der Waals surface area (Å²) in [5.41, 5.74) is 3.67. The molecule has 0 saturated carbocycles. The van der Waals surface area contributed by atoms with Gasteiger partial charge in [-0.2, -0.15) is 0 Å². The Labute approximate surface area is 214 Å². The number of esters is 1. The van der Waals surface area contributed by atoms with Crippen molar-refractivity contribution >= 4 is 29.2 Å². The fourth-order valence-corrected chi connectivity index (χ4v) is 3.87. The number of amides is 1. The molecule has 0 aliphatic rings. The molecule has 182 valence electrons. The van der Waals surface area contributed by atoms with Crippen LogP contribution in [0.2, 0.25) is 5.02 Å². The van der Waals surface area contributed by atoms with Gasteiger partial charge in [0.05, 0.1) is 25.7 Å². The molecule has 0 aromatic heterocycles. The van der Waals surface area contributed by atoms with Crippen LogP contribution in [-0.4, -0.2) is 26.1 Å². The normalized spacial score (nSPS) is 10.4. The number of para-hydroxylation sites is 1. The summed E-state index contributed by atoms with van der Waals surface area (Å²) in [6, 6.07) is 27.1. The van der Waals surface area contributed by atoms with E-state index in [9.17, 15) is 9.59 Å². The van der Waals surface area contributed by atoms with Crippen molar-refractivity contribution < 1.29 is 23.8 Å². The third-order valence-electron chi connectivity index (χ3n) is 5.46. The van der Waals surface area contributed by atoms with Crippen LogP contribution in [0.4, 0.5) is 5.69 Å². The van der Waals surface area contributed by atoms with Gasteiger partial charge >= 0.3 is 5.97 Å². The van der Waals surface area contributed by atoms with Crippen LogP contribution < -0.4 is 14.8 Å². The lowest BCUT2D eigenvalue weighted by molar-refractivity contribution is -0.139. The second kappa shape index (κ2) is 11.4. The third-order valence-corrected chi connectivity index (χ3v) is 5.75. The Morgan fingerprint density at radius 1 is 0.833 bits per heavy atom. The summed E-state index contributed by atoms with van der Waals surface area (Å²) >= 11 is 6.31. The van der Waals surface area contributed by atoms with Crippen LogP contribution in [0.15, 0.2) is 91.0 Å². The number of rotatable bonds is 8. The van der Waals surface area contributed by atoms with Crippen molar-refractivity contribution in [2.24, 2.45) is 0 Å². The molecule has 0 radical (unpaired) electrons. The summed E-state index contributed by atoms with van der Waals surface area (Å²) in [5.74, 6) is 1.17. The zero-order valence-corrected chi connectivity index (χ0v) is 20.5. The molecule has 36 heavy (non-hydrogen) atoms. The summed E-state index contributed by atoms with van der Waals surface area (Å²) < 4.78 is 16.0. The molecule has 0 atom stereocenters. The maximum Gasteiger partial charge on any atom is 0.309 e. The van der Waals surface area contributed by atoms with E-state index >= 15 is 0 Å². The first-order valence-corrected chi connectivity index (χ1v) is 11.5. The Morgan fingerprint density at radius 2 is 1.61 bits per heavy atom. The highest BCUT2D eigenvalue weighted by Crippen LogP contribution is 2.32. The van der Waals surface area contributed by atoms with Gasteiger partial charge in [0.15, 0.2) is 0 Å². The van der Waals surface area contributed by atoms with Crippen molar-refractivity contribution in [1.82, 2.24) is 0 Å². The van der Waals surface area contributed by atoms with Gasteiger partial charge in [-0.25, -0.2) is 0 Å². The van der Waals surface area contributed by atoms with E-state index in [0.29, 0.717) is 27.8 Å². The Kier molecular flexibility index (Phi) is 7.88. The number of halogens is 1. The third kappa shape index (κ3) is 6.03. The van der Waals surface area contributed by atoms with Crippen LogP contribution >= 0.6 is 11.6 Å². The van der Waals surface area contributed by atoms with E-state index in [4.69, 9.17) is 21.1 Å². The zero-order valence-electron chi connectivity index (χ0n) is 19.8. The summed E-state index contributed by atoms with van der Waals surface area (Å²) in [5, 5.41) is 3.28. The molecule has 0 saturated heterocycles. The summed E-state index contributed by atoms with van der Waals surface area (Å²) in [6.07, 6.45) is 0.132. The molecule has 6 nitrogen and oxygen atoms in total. The molecule has 7 heteroatoms. The fourth-order valence-electron chi connectivity index (χ4n) is 3.62. The van der Waals surface area contributed by atoms with Gasteiger partial charge in [0.25, 0.3) is 5.91 Å². The Morgan fingerprint density at radius 3 is 2.33 bits per heavy atom. The second-order valence-electron chi connectivity index (χ2n) is 7.88. The lowest BCUT2D eigenvalue weighted by Crippen LogP contribution is -2.11. The highest BCUT2D eigenvalue weighted by molar-refractivity contribution is 6.32. The number of benzene rings is 4. The molecule has 0 aliphatic heterocycles. The van der Waals surface area contributed by atoms with Crippen molar-refractivity contribution in [3.05, 3.63) is 107 Å². The highest BCUT2D eigenvalue weighted by Gasteiger charge is 2.11. The van der Waals surface area contributed by atoms with Gasteiger partial charge < -0.3 is 19.5 Å². The summed E-state index contributed by atoms with van der Waals surface area (Å²) in [4.78, 5) is 24.3. The molecule has 4 rings (SSSR count). The van der Waals surface area contributed by atoms with Gasteiger partial charge in [0, 0.05) is 16.8 Å². The maximum atomic E-state index is 12.9. The van der Waals surface area contributed by atoms with Crippen molar-refractivity contribution in [1.29, 1.82) is 0 Å². The molecule has 4 aromatic carbocycles. The Hall–Kier alpha value is -4.29. The molecule has 0 spiro atoms. The van der Waals surface area contributed by atoms with E-state index < -0.39 is 0 Å². The van der Waals surface area contributed by atoms with E-state index in [1.165, 1.54) is 7.11 Å². The van der Waals surface area contributed by atoms with Crippen molar-refractivity contribution in [3.8, 4) is 28.4 Å². The maximum absolute atomic E-state index is 12.9. The monoisotopic (exact) mass is 501 g/mol. The van der Waals surface area contributed by atoms with Gasteiger partial charge in [-0.3, -0.25) is 9.59 Å². The van der Waals surface area contributed by atoms with Gasteiger partial charge in [0.2, 0.25) is 0 Å². The topological polar surface area (TPSA) is 73.9 Å². The molecule has 0 heterocycles. The minimum Gasteiger partial charge on any atom is -0.496 e. The minimum absolute atomic E-state index is 0.132. The largest absolute Gasteiger partial charge is 0.496 e. The quantitative estimate of drug-likeness (QED) is 0.269. The number of anilines is 1. The Bertz CT molecular complexity index is 1380. The minimum atomic E-state index is -0.344. The van der Waals surface area contributed by atoms with Crippen molar-refractivity contribution in [2.75, 3.05) is 19.5 Å². The van der Waals surface area contributed by atoms with E-state index in [1.54, 1.807) is 55.6 Å².